The molecule has 1 aromatic carbocycles. The fourth-order valence-corrected chi connectivity index (χ4v) is 2.85. The molecule has 0 bridgehead atoms. The van der Waals surface area contributed by atoms with Gasteiger partial charge in [-0.1, -0.05) is 30.3 Å². The van der Waals surface area contributed by atoms with Crippen molar-refractivity contribution >= 4 is 12.6 Å². The van der Waals surface area contributed by atoms with Crippen LogP contribution in [0.1, 0.15) is 18.4 Å². The number of ether oxygens (including phenoxy) is 1. The van der Waals surface area contributed by atoms with Crippen molar-refractivity contribution in [1.29, 1.82) is 0 Å². The van der Waals surface area contributed by atoms with Gasteiger partial charge in [-0.3, -0.25) is 0 Å². The third-order valence-electron chi connectivity index (χ3n) is 3.86. The Hall–Kier alpha value is -0.510. The molecular weight excluding hydrogens is 254 g/mol. The SMILES string of the molecule is SCCOCCN1CCC(Cc2ccccc2)CC1. The molecule has 1 aliphatic heterocycles. The van der Waals surface area contributed by atoms with Crippen molar-refractivity contribution in [2.45, 2.75) is 19.3 Å². The topological polar surface area (TPSA) is 12.5 Å². The van der Waals surface area contributed by atoms with Gasteiger partial charge in [-0.2, -0.15) is 12.6 Å². The summed E-state index contributed by atoms with van der Waals surface area (Å²) in [5.41, 5.74) is 1.48. The summed E-state index contributed by atoms with van der Waals surface area (Å²) in [6.07, 6.45) is 3.88. The fourth-order valence-electron chi connectivity index (χ4n) is 2.72. The van der Waals surface area contributed by atoms with Crippen LogP contribution in [0.15, 0.2) is 30.3 Å². The summed E-state index contributed by atoms with van der Waals surface area (Å²) in [6.45, 7) is 5.15. The maximum atomic E-state index is 5.49. The van der Waals surface area contributed by atoms with Crippen molar-refractivity contribution in [3.8, 4) is 0 Å². The van der Waals surface area contributed by atoms with Crippen LogP contribution in [0.5, 0.6) is 0 Å². The molecule has 3 heteroatoms. The van der Waals surface area contributed by atoms with Gasteiger partial charge in [0.05, 0.1) is 13.2 Å². The first kappa shape index (κ1) is 14.9. The number of piperidine rings is 1. The maximum Gasteiger partial charge on any atom is 0.0593 e. The van der Waals surface area contributed by atoms with Gasteiger partial charge < -0.3 is 9.64 Å². The van der Waals surface area contributed by atoms with Crippen LogP contribution >= 0.6 is 12.6 Å². The summed E-state index contributed by atoms with van der Waals surface area (Å²) >= 11 is 4.14. The van der Waals surface area contributed by atoms with Crippen LogP contribution in [0.4, 0.5) is 0 Å². The molecule has 106 valence electrons. The Labute approximate surface area is 122 Å². The summed E-state index contributed by atoms with van der Waals surface area (Å²) in [5.74, 6) is 1.68. The normalized spacial score (nSPS) is 17.7. The average molecular weight is 279 g/mol. The largest absolute Gasteiger partial charge is 0.379 e. The van der Waals surface area contributed by atoms with E-state index in [9.17, 15) is 0 Å². The second-order valence-corrected chi connectivity index (χ2v) is 5.76. The molecule has 0 spiro atoms. The van der Waals surface area contributed by atoms with Crippen molar-refractivity contribution in [3.05, 3.63) is 35.9 Å². The van der Waals surface area contributed by atoms with Crippen LogP contribution in [0.2, 0.25) is 0 Å². The van der Waals surface area contributed by atoms with Crippen LogP contribution in [0, 0.1) is 5.92 Å². The minimum Gasteiger partial charge on any atom is -0.379 e. The Morgan fingerprint density at radius 2 is 1.84 bits per heavy atom. The van der Waals surface area contributed by atoms with E-state index in [-0.39, 0.29) is 0 Å². The lowest BCUT2D eigenvalue weighted by Gasteiger charge is -2.31. The number of likely N-dealkylation sites (tertiary alicyclic amines) is 1. The van der Waals surface area contributed by atoms with Crippen molar-refractivity contribution in [1.82, 2.24) is 4.90 Å². The van der Waals surface area contributed by atoms with E-state index in [1.54, 1.807) is 0 Å². The Bertz CT molecular complexity index is 336. The molecule has 0 aromatic heterocycles. The van der Waals surface area contributed by atoms with Crippen LogP contribution in [-0.2, 0) is 11.2 Å². The van der Waals surface area contributed by atoms with Crippen LogP contribution in [-0.4, -0.2) is 43.5 Å². The Morgan fingerprint density at radius 3 is 2.53 bits per heavy atom. The van der Waals surface area contributed by atoms with Crippen molar-refractivity contribution < 1.29 is 4.74 Å². The zero-order chi connectivity index (χ0) is 13.3. The molecule has 2 rings (SSSR count). The number of thiol groups is 1. The van der Waals surface area contributed by atoms with Gasteiger partial charge >= 0.3 is 0 Å². The second kappa shape index (κ2) is 8.62. The van der Waals surface area contributed by atoms with E-state index in [2.05, 4.69) is 47.9 Å². The standard InChI is InChI=1S/C16H25NOS/c19-13-12-18-11-10-17-8-6-16(7-9-17)14-15-4-2-1-3-5-15/h1-5,16,19H,6-14H2. The maximum absolute atomic E-state index is 5.49. The quantitative estimate of drug-likeness (QED) is 0.608. The van der Waals surface area contributed by atoms with Gasteiger partial charge in [0.2, 0.25) is 0 Å². The van der Waals surface area contributed by atoms with E-state index < -0.39 is 0 Å². The predicted octanol–water partition coefficient (Wildman–Crippen LogP) is 2.89. The molecule has 1 fully saturated rings. The molecule has 0 atom stereocenters. The summed E-state index contributed by atoms with van der Waals surface area (Å²) < 4.78 is 5.49. The number of hydrogen-bond acceptors (Lipinski definition) is 3. The first-order valence-electron chi connectivity index (χ1n) is 7.33. The lowest BCUT2D eigenvalue weighted by molar-refractivity contribution is 0.0972. The minimum atomic E-state index is 0.771. The van der Waals surface area contributed by atoms with Crippen molar-refractivity contribution in [3.63, 3.8) is 0 Å². The molecule has 1 aromatic rings. The smallest absolute Gasteiger partial charge is 0.0593 e. The van der Waals surface area contributed by atoms with E-state index in [0.717, 1.165) is 31.4 Å². The third kappa shape index (κ3) is 5.55. The lowest BCUT2D eigenvalue weighted by Crippen LogP contribution is -2.36. The second-order valence-electron chi connectivity index (χ2n) is 5.31. The Balaban J connectivity index is 1.62. The number of benzene rings is 1. The molecule has 19 heavy (non-hydrogen) atoms. The summed E-state index contributed by atoms with van der Waals surface area (Å²) in [4.78, 5) is 2.53. The molecule has 2 nitrogen and oxygen atoms in total. The van der Waals surface area contributed by atoms with Crippen LogP contribution < -0.4 is 0 Å². The summed E-state index contributed by atoms with van der Waals surface area (Å²) in [7, 11) is 0. The average Bonchev–Trinajstić information content (AvgIpc) is 2.46. The van der Waals surface area contributed by atoms with Gasteiger partial charge in [-0.15, -0.1) is 0 Å². The van der Waals surface area contributed by atoms with Gasteiger partial charge in [-0.25, -0.2) is 0 Å². The molecule has 0 unspecified atom stereocenters. The number of nitrogens with zero attached hydrogens (tertiary/aromatic N) is 1. The molecule has 0 radical (unpaired) electrons. The molecule has 1 saturated heterocycles. The summed E-state index contributed by atoms with van der Waals surface area (Å²) in [5, 5.41) is 0. The Morgan fingerprint density at radius 1 is 1.11 bits per heavy atom. The minimum absolute atomic E-state index is 0.771. The molecule has 1 aliphatic rings. The van der Waals surface area contributed by atoms with E-state index in [1.165, 1.54) is 37.9 Å². The van der Waals surface area contributed by atoms with E-state index in [4.69, 9.17) is 4.74 Å². The van der Waals surface area contributed by atoms with E-state index in [1.807, 2.05) is 0 Å². The summed E-state index contributed by atoms with van der Waals surface area (Å²) in [6, 6.07) is 10.9. The first-order chi connectivity index (χ1) is 9.38. The van der Waals surface area contributed by atoms with Crippen molar-refractivity contribution in [2.24, 2.45) is 5.92 Å². The van der Waals surface area contributed by atoms with E-state index >= 15 is 0 Å². The third-order valence-corrected chi connectivity index (χ3v) is 4.04. The molecular formula is C16H25NOS. The van der Waals surface area contributed by atoms with Crippen LogP contribution in [0.3, 0.4) is 0 Å². The number of rotatable bonds is 7. The Kier molecular flexibility index (Phi) is 6.75. The molecule has 0 N–H and O–H groups in total. The van der Waals surface area contributed by atoms with Gasteiger partial charge in [0.1, 0.15) is 0 Å². The fraction of sp³-hybridized carbons (Fsp3) is 0.625. The molecule has 1 heterocycles. The highest BCUT2D eigenvalue weighted by molar-refractivity contribution is 7.80. The van der Waals surface area contributed by atoms with Gasteiger partial charge in [0, 0.05) is 12.3 Å². The van der Waals surface area contributed by atoms with Crippen LogP contribution in [0.25, 0.3) is 0 Å². The molecule has 0 amide bonds. The lowest BCUT2D eigenvalue weighted by atomic mass is 9.90. The zero-order valence-corrected chi connectivity index (χ0v) is 12.5. The molecule has 0 aliphatic carbocycles. The van der Waals surface area contributed by atoms with Gasteiger partial charge in [0.25, 0.3) is 0 Å². The zero-order valence-electron chi connectivity index (χ0n) is 11.6. The first-order valence-corrected chi connectivity index (χ1v) is 7.96. The predicted molar refractivity (Wildman–Crippen MR) is 84.0 cm³/mol. The van der Waals surface area contributed by atoms with Gasteiger partial charge in [0.15, 0.2) is 0 Å². The monoisotopic (exact) mass is 279 g/mol. The molecule has 0 saturated carbocycles. The number of hydrogen-bond donors (Lipinski definition) is 1. The highest BCUT2D eigenvalue weighted by Gasteiger charge is 2.18. The highest BCUT2D eigenvalue weighted by atomic mass is 32.1. The van der Waals surface area contributed by atoms with E-state index in [0.29, 0.717) is 0 Å². The van der Waals surface area contributed by atoms with Gasteiger partial charge in [-0.05, 0) is 43.8 Å². The highest BCUT2D eigenvalue weighted by Crippen LogP contribution is 2.21. The van der Waals surface area contributed by atoms with Crippen molar-refractivity contribution in [2.75, 3.05) is 38.6 Å².